The molecule has 1 N–H and O–H groups in total. The third-order valence-electron chi connectivity index (χ3n) is 4.18. The summed E-state index contributed by atoms with van der Waals surface area (Å²) in [5.74, 6) is 0.0239. The normalized spacial score (nSPS) is 20.5. The first kappa shape index (κ1) is 18.8. The number of pyridine rings is 1. The van der Waals surface area contributed by atoms with Gasteiger partial charge in [0.1, 0.15) is 11.9 Å². The number of nitrogens with zero attached hydrogens (tertiary/aromatic N) is 1. The molecule has 1 unspecified atom stereocenters. The molecular weight excluding hydrogens is 359 g/mol. The van der Waals surface area contributed by atoms with Gasteiger partial charge in [-0.1, -0.05) is 12.1 Å². The average molecular weight is 380 g/mol. The maximum absolute atomic E-state index is 13.8. The number of aromatic nitrogens is 1. The summed E-state index contributed by atoms with van der Waals surface area (Å²) in [7, 11) is -3.41. The maximum atomic E-state index is 13.8. The topological polar surface area (TPSA) is 77.5 Å². The van der Waals surface area contributed by atoms with Crippen molar-refractivity contribution in [3.05, 3.63) is 48.5 Å². The van der Waals surface area contributed by atoms with E-state index in [1.54, 1.807) is 50.2 Å². The van der Waals surface area contributed by atoms with Crippen LogP contribution in [0.5, 0.6) is 5.75 Å². The predicted molar refractivity (Wildman–Crippen MR) is 95.8 cm³/mol. The summed E-state index contributed by atoms with van der Waals surface area (Å²) in [6.45, 7) is 3.79. The molecule has 1 aromatic heterocycles. The van der Waals surface area contributed by atoms with Crippen LogP contribution in [0.4, 0.5) is 4.39 Å². The van der Waals surface area contributed by atoms with Crippen molar-refractivity contribution >= 4 is 10.0 Å². The van der Waals surface area contributed by atoms with Gasteiger partial charge in [-0.25, -0.2) is 18.1 Å². The van der Waals surface area contributed by atoms with Gasteiger partial charge in [-0.2, -0.15) is 4.39 Å². The summed E-state index contributed by atoms with van der Waals surface area (Å²) >= 11 is 0. The number of sulfonamides is 1. The van der Waals surface area contributed by atoms with Crippen LogP contribution in [-0.4, -0.2) is 44.0 Å². The van der Waals surface area contributed by atoms with E-state index >= 15 is 0 Å². The molecule has 1 fully saturated rings. The molecule has 1 aromatic carbocycles. The summed E-state index contributed by atoms with van der Waals surface area (Å²) in [5.41, 5.74) is 1.09. The van der Waals surface area contributed by atoms with Gasteiger partial charge in [-0.15, -0.1) is 0 Å². The van der Waals surface area contributed by atoms with Crippen LogP contribution in [0.2, 0.25) is 0 Å². The third-order valence-corrected chi connectivity index (χ3v) is 6.05. The molecule has 0 amide bonds. The molecule has 1 saturated heterocycles. The number of rotatable bonds is 6. The van der Waals surface area contributed by atoms with Crippen LogP contribution in [0, 0.1) is 5.95 Å². The molecule has 2 atom stereocenters. The minimum absolute atomic E-state index is 0.260. The molecule has 0 radical (unpaired) electrons. The highest BCUT2D eigenvalue weighted by Gasteiger charge is 2.34. The minimum atomic E-state index is -3.41. The molecule has 0 saturated carbocycles. The molecule has 3 rings (SSSR count). The van der Waals surface area contributed by atoms with Gasteiger partial charge in [-0.3, -0.25) is 0 Å². The fourth-order valence-corrected chi connectivity index (χ4v) is 3.51. The van der Waals surface area contributed by atoms with Crippen LogP contribution in [0.1, 0.15) is 13.8 Å². The molecular formula is C18H21FN2O4S. The molecule has 0 spiro atoms. The van der Waals surface area contributed by atoms with E-state index in [-0.39, 0.29) is 6.61 Å². The van der Waals surface area contributed by atoms with Gasteiger partial charge in [0.2, 0.25) is 16.0 Å². The quantitative estimate of drug-likeness (QED) is 0.779. The molecule has 1 aliphatic heterocycles. The zero-order valence-corrected chi connectivity index (χ0v) is 15.4. The zero-order chi connectivity index (χ0) is 18.7. The largest absolute Gasteiger partial charge is 0.486 e. The minimum Gasteiger partial charge on any atom is -0.486 e. The Hall–Kier alpha value is -2.03. The summed E-state index contributed by atoms with van der Waals surface area (Å²) in [6.07, 6.45) is 0.971. The molecule has 26 heavy (non-hydrogen) atoms. The third kappa shape index (κ3) is 4.20. The molecule has 140 valence electrons. The van der Waals surface area contributed by atoms with Gasteiger partial charge in [0.05, 0.1) is 24.5 Å². The lowest BCUT2D eigenvalue weighted by Gasteiger charge is -2.21. The Labute approximate surface area is 152 Å². The van der Waals surface area contributed by atoms with Crippen molar-refractivity contribution in [1.29, 1.82) is 0 Å². The first-order valence-corrected chi connectivity index (χ1v) is 9.88. The Bertz CT molecular complexity index is 856. The second-order valence-corrected chi connectivity index (χ2v) is 8.65. The van der Waals surface area contributed by atoms with Crippen molar-refractivity contribution < 1.29 is 22.3 Å². The van der Waals surface area contributed by atoms with Crippen molar-refractivity contribution in [2.45, 2.75) is 31.2 Å². The zero-order valence-electron chi connectivity index (χ0n) is 14.6. The number of hydrogen-bond acceptors (Lipinski definition) is 5. The van der Waals surface area contributed by atoms with E-state index < -0.39 is 33.4 Å². The molecule has 2 aromatic rings. The van der Waals surface area contributed by atoms with Crippen molar-refractivity contribution in [1.82, 2.24) is 9.71 Å². The summed E-state index contributed by atoms with van der Waals surface area (Å²) in [5, 5.41) is -0.530. The van der Waals surface area contributed by atoms with Crippen molar-refractivity contribution in [3.8, 4) is 16.9 Å². The van der Waals surface area contributed by atoms with E-state index in [1.165, 1.54) is 6.20 Å². The highest BCUT2D eigenvalue weighted by Crippen LogP contribution is 2.25. The lowest BCUT2D eigenvalue weighted by atomic mass is 10.1. The summed E-state index contributed by atoms with van der Waals surface area (Å²) in [6, 6.07) is 9.78. The molecule has 0 aliphatic carbocycles. The first-order valence-electron chi connectivity index (χ1n) is 8.33. The van der Waals surface area contributed by atoms with Gasteiger partial charge in [0.25, 0.3) is 0 Å². The van der Waals surface area contributed by atoms with E-state index in [4.69, 9.17) is 9.47 Å². The van der Waals surface area contributed by atoms with E-state index in [0.717, 1.165) is 0 Å². The SMILES string of the molecule is CC(C)S(=O)(=O)N[C@@H]1COCC1Oc1ccc(-c2cccnc2F)cc1. The van der Waals surface area contributed by atoms with Crippen LogP contribution in [0.3, 0.4) is 0 Å². The highest BCUT2D eigenvalue weighted by molar-refractivity contribution is 7.90. The van der Waals surface area contributed by atoms with Gasteiger partial charge < -0.3 is 9.47 Å². The van der Waals surface area contributed by atoms with Gasteiger partial charge in [0.15, 0.2) is 0 Å². The summed E-state index contributed by atoms with van der Waals surface area (Å²) in [4.78, 5) is 3.64. The molecule has 2 heterocycles. The van der Waals surface area contributed by atoms with Gasteiger partial charge >= 0.3 is 0 Å². The average Bonchev–Trinajstić information content (AvgIpc) is 3.02. The molecule has 6 nitrogen and oxygen atoms in total. The lowest BCUT2D eigenvalue weighted by molar-refractivity contribution is 0.140. The number of hydrogen-bond donors (Lipinski definition) is 1. The fraction of sp³-hybridized carbons (Fsp3) is 0.389. The predicted octanol–water partition coefficient (Wildman–Crippen LogP) is 2.36. The first-order chi connectivity index (χ1) is 12.4. The molecule has 0 bridgehead atoms. The van der Waals surface area contributed by atoms with Crippen LogP contribution in [0.25, 0.3) is 11.1 Å². The van der Waals surface area contributed by atoms with Crippen LogP contribution < -0.4 is 9.46 Å². The number of halogens is 1. The Morgan fingerprint density at radius 1 is 1.23 bits per heavy atom. The van der Waals surface area contributed by atoms with Gasteiger partial charge in [-0.05, 0) is 43.7 Å². The molecule has 1 aliphatic rings. The Morgan fingerprint density at radius 2 is 1.96 bits per heavy atom. The fourth-order valence-electron chi connectivity index (χ4n) is 2.60. The summed E-state index contributed by atoms with van der Waals surface area (Å²) < 4.78 is 51.7. The number of nitrogens with one attached hydrogen (secondary N) is 1. The highest BCUT2D eigenvalue weighted by atomic mass is 32.2. The second kappa shape index (κ2) is 7.69. The van der Waals surface area contributed by atoms with Crippen molar-refractivity contribution in [3.63, 3.8) is 0 Å². The van der Waals surface area contributed by atoms with Crippen LogP contribution in [0.15, 0.2) is 42.6 Å². The van der Waals surface area contributed by atoms with Crippen LogP contribution in [-0.2, 0) is 14.8 Å². The van der Waals surface area contributed by atoms with E-state index in [2.05, 4.69) is 9.71 Å². The standard InChI is InChI=1S/C18H21FN2O4S/c1-12(2)26(22,23)21-16-10-24-11-17(16)25-14-7-5-13(6-8-14)15-4-3-9-20-18(15)19/h3-9,12,16-17,21H,10-11H2,1-2H3/t16-,17?/m1/s1. The van der Waals surface area contributed by atoms with E-state index in [1.807, 2.05) is 0 Å². The van der Waals surface area contributed by atoms with Crippen molar-refractivity contribution in [2.75, 3.05) is 13.2 Å². The van der Waals surface area contributed by atoms with E-state index in [9.17, 15) is 12.8 Å². The van der Waals surface area contributed by atoms with Crippen LogP contribution >= 0.6 is 0 Å². The number of benzene rings is 1. The number of ether oxygens (including phenoxy) is 2. The Kier molecular flexibility index (Phi) is 5.55. The second-order valence-electron chi connectivity index (χ2n) is 6.38. The van der Waals surface area contributed by atoms with Crippen molar-refractivity contribution in [2.24, 2.45) is 0 Å². The smallest absolute Gasteiger partial charge is 0.220 e. The Morgan fingerprint density at radius 3 is 2.62 bits per heavy atom. The van der Waals surface area contributed by atoms with E-state index in [0.29, 0.717) is 23.5 Å². The molecule has 8 heteroatoms. The lowest BCUT2D eigenvalue weighted by Crippen LogP contribution is -2.47. The maximum Gasteiger partial charge on any atom is 0.220 e. The Balaban J connectivity index is 1.70. The van der Waals surface area contributed by atoms with Gasteiger partial charge in [0, 0.05) is 11.8 Å². The monoisotopic (exact) mass is 380 g/mol.